The van der Waals surface area contributed by atoms with Crippen LogP contribution in [0.3, 0.4) is 0 Å². The Morgan fingerprint density at radius 3 is 2.43 bits per heavy atom. The topological polar surface area (TPSA) is 87.6 Å². The van der Waals surface area contributed by atoms with E-state index in [1.54, 1.807) is 18.2 Å². The molecule has 0 spiro atoms. The fraction of sp³-hybridized carbons (Fsp3) is 0.429. The number of carbonyl (C=O) groups excluding carboxylic acids is 1. The zero-order valence-corrected chi connectivity index (χ0v) is 12.5. The highest BCUT2D eigenvalue weighted by atomic mass is 32.2. The number of benzene rings is 1. The van der Waals surface area contributed by atoms with Crippen molar-refractivity contribution in [3.63, 3.8) is 0 Å². The van der Waals surface area contributed by atoms with Gasteiger partial charge >= 0.3 is 0 Å². The first-order chi connectivity index (χ1) is 10.1. The first kappa shape index (κ1) is 15.7. The highest BCUT2D eigenvalue weighted by molar-refractivity contribution is 7.89. The summed E-state index contributed by atoms with van der Waals surface area (Å²) >= 11 is 0. The first-order valence-electron chi connectivity index (χ1n) is 6.97. The molecule has 2 rings (SSSR count). The molecule has 0 saturated heterocycles. The number of nitrogens with zero attached hydrogens (tertiary/aromatic N) is 1. The van der Waals surface area contributed by atoms with Crippen LogP contribution in [0.2, 0.25) is 0 Å². The molecule has 1 amide bonds. The monoisotopic (exact) mass is 309 g/mol. The molecule has 0 atom stereocenters. The summed E-state index contributed by atoms with van der Waals surface area (Å²) in [5, 5.41) is 4.04. The van der Waals surface area contributed by atoms with Gasteiger partial charge in [-0.15, -0.1) is 0 Å². The summed E-state index contributed by atoms with van der Waals surface area (Å²) in [7, 11) is -3.66. The minimum atomic E-state index is -3.66. The van der Waals surface area contributed by atoms with Gasteiger partial charge in [0.25, 0.3) is 5.91 Å². The average Bonchev–Trinajstić information content (AvgIpc) is 2.53. The van der Waals surface area contributed by atoms with Crippen LogP contribution >= 0.6 is 0 Å². The Balaban J connectivity index is 1.83. The zero-order chi connectivity index (χ0) is 15.1. The molecule has 114 valence electrons. The molecule has 0 aliphatic heterocycles. The average molecular weight is 309 g/mol. The van der Waals surface area contributed by atoms with Gasteiger partial charge in [-0.05, 0) is 37.8 Å². The largest absolute Gasteiger partial charge is 0.272 e. The predicted molar refractivity (Wildman–Crippen MR) is 80.3 cm³/mol. The number of hydrogen-bond acceptors (Lipinski definition) is 4. The Morgan fingerprint density at radius 2 is 1.76 bits per heavy atom. The van der Waals surface area contributed by atoms with Crippen molar-refractivity contribution in [1.82, 2.24) is 10.1 Å². The Kier molecular flexibility index (Phi) is 5.46. The quantitative estimate of drug-likeness (QED) is 0.806. The highest BCUT2D eigenvalue weighted by Crippen LogP contribution is 2.14. The first-order valence-corrected chi connectivity index (χ1v) is 8.45. The van der Waals surface area contributed by atoms with Gasteiger partial charge in [-0.25, -0.2) is 18.6 Å². The second kappa shape index (κ2) is 7.33. The fourth-order valence-corrected chi connectivity index (χ4v) is 3.10. The van der Waals surface area contributed by atoms with Crippen LogP contribution in [0.25, 0.3) is 0 Å². The van der Waals surface area contributed by atoms with Crippen molar-refractivity contribution in [3.8, 4) is 0 Å². The second-order valence-electron chi connectivity index (χ2n) is 4.91. The van der Waals surface area contributed by atoms with Crippen molar-refractivity contribution in [3.05, 3.63) is 30.3 Å². The summed E-state index contributed by atoms with van der Waals surface area (Å²) in [6.45, 7) is -0.325. The third-order valence-electron chi connectivity index (χ3n) is 3.25. The molecule has 6 nitrogen and oxygen atoms in total. The van der Waals surface area contributed by atoms with E-state index in [1.807, 2.05) is 0 Å². The van der Waals surface area contributed by atoms with Crippen molar-refractivity contribution in [1.29, 1.82) is 0 Å². The molecule has 0 aromatic heterocycles. The van der Waals surface area contributed by atoms with Crippen molar-refractivity contribution in [2.45, 2.75) is 37.0 Å². The van der Waals surface area contributed by atoms with E-state index in [4.69, 9.17) is 0 Å². The van der Waals surface area contributed by atoms with Gasteiger partial charge in [0.05, 0.1) is 11.4 Å². The Labute approximate surface area is 124 Å². The summed E-state index contributed by atoms with van der Waals surface area (Å²) in [6, 6.07) is 7.93. The number of carbonyl (C=O) groups is 1. The number of rotatable bonds is 5. The van der Waals surface area contributed by atoms with Gasteiger partial charge < -0.3 is 0 Å². The number of hydrazone groups is 1. The van der Waals surface area contributed by atoms with Crippen LogP contribution in [0.5, 0.6) is 0 Å². The molecule has 0 bridgehead atoms. The van der Waals surface area contributed by atoms with E-state index in [9.17, 15) is 13.2 Å². The van der Waals surface area contributed by atoms with E-state index >= 15 is 0 Å². The Bertz CT molecular complexity index is 604. The predicted octanol–water partition coefficient (Wildman–Crippen LogP) is 1.40. The summed E-state index contributed by atoms with van der Waals surface area (Å²) in [5.41, 5.74) is 3.37. The molecule has 1 aliphatic rings. The maximum atomic E-state index is 11.9. The van der Waals surface area contributed by atoms with Crippen molar-refractivity contribution in [2.75, 3.05) is 6.54 Å². The number of sulfonamides is 1. The Morgan fingerprint density at radius 1 is 1.10 bits per heavy atom. The molecule has 2 N–H and O–H groups in total. The summed E-state index contributed by atoms with van der Waals surface area (Å²) in [5.74, 6) is -0.465. The molecule has 1 aromatic carbocycles. The lowest BCUT2D eigenvalue weighted by molar-refractivity contribution is -0.119. The van der Waals surface area contributed by atoms with Crippen molar-refractivity contribution in [2.24, 2.45) is 5.10 Å². The number of hydrogen-bond donors (Lipinski definition) is 2. The molecule has 1 saturated carbocycles. The van der Waals surface area contributed by atoms with Crippen LogP contribution in [0.1, 0.15) is 32.1 Å². The molecule has 7 heteroatoms. The molecule has 1 fully saturated rings. The maximum Gasteiger partial charge on any atom is 0.255 e. The van der Waals surface area contributed by atoms with Crippen molar-refractivity contribution >= 4 is 21.6 Å². The minimum Gasteiger partial charge on any atom is -0.272 e. The number of amides is 1. The third-order valence-corrected chi connectivity index (χ3v) is 4.66. The van der Waals surface area contributed by atoms with Crippen LogP contribution in [0, 0.1) is 0 Å². The fourth-order valence-electron chi connectivity index (χ4n) is 2.10. The van der Waals surface area contributed by atoms with Crippen molar-refractivity contribution < 1.29 is 13.2 Å². The van der Waals surface area contributed by atoms with Gasteiger partial charge in [0.1, 0.15) is 0 Å². The summed E-state index contributed by atoms with van der Waals surface area (Å²) < 4.78 is 26.1. The van der Waals surface area contributed by atoms with Crippen LogP contribution in [-0.2, 0) is 14.8 Å². The van der Waals surface area contributed by atoms with E-state index in [0.717, 1.165) is 31.4 Å². The van der Waals surface area contributed by atoms with E-state index in [0.29, 0.717) is 0 Å². The van der Waals surface area contributed by atoms with E-state index in [-0.39, 0.29) is 11.4 Å². The molecule has 1 aromatic rings. The third kappa shape index (κ3) is 4.95. The lowest BCUT2D eigenvalue weighted by Gasteiger charge is -2.12. The lowest BCUT2D eigenvalue weighted by atomic mass is 9.99. The van der Waals surface area contributed by atoms with Gasteiger partial charge in [-0.1, -0.05) is 24.6 Å². The van der Waals surface area contributed by atoms with E-state index in [1.165, 1.54) is 18.6 Å². The molecular formula is C14H19N3O3S. The Hall–Kier alpha value is -1.73. The zero-order valence-electron chi connectivity index (χ0n) is 11.7. The van der Waals surface area contributed by atoms with Gasteiger partial charge in [0, 0.05) is 5.71 Å². The molecule has 21 heavy (non-hydrogen) atoms. The SMILES string of the molecule is O=C(CNS(=O)(=O)c1ccccc1)NN=C1CCCCC1. The number of nitrogens with one attached hydrogen (secondary N) is 2. The van der Waals surface area contributed by atoms with Crippen LogP contribution in [0.15, 0.2) is 40.3 Å². The normalized spacial score (nSPS) is 15.5. The van der Waals surface area contributed by atoms with Gasteiger partial charge in [-0.2, -0.15) is 5.10 Å². The minimum absolute atomic E-state index is 0.136. The van der Waals surface area contributed by atoms with Crippen LogP contribution < -0.4 is 10.1 Å². The van der Waals surface area contributed by atoms with Gasteiger partial charge in [0.2, 0.25) is 10.0 Å². The van der Waals surface area contributed by atoms with Gasteiger partial charge in [0.15, 0.2) is 0 Å². The molecular weight excluding hydrogens is 290 g/mol. The highest BCUT2D eigenvalue weighted by Gasteiger charge is 2.14. The second-order valence-corrected chi connectivity index (χ2v) is 6.68. The molecule has 0 radical (unpaired) electrons. The van der Waals surface area contributed by atoms with Crippen LogP contribution in [0.4, 0.5) is 0 Å². The summed E-state index contributed by atoms with van der Waals surface area (Å²) in [4.78, 5) is 11.8. The summed E-state index contributed by atoms with van der Waals surface area (Å²) in [6.07, 6.45) is 5.18. The van der Waals surface area contributed by atoms with Crippen LogP contribution in [-0.4, -0.2) is 26.6 Å². The molecule has 0 unspecified atom stereocenters. The maximum absolute atomic E-state index is 11.9. The smallest absolute Gasteiger partial charge is 0.255 e. The van der Waals surface area contributed by atoms with E-state index < -0.39 is 15.9 Å². The van der Waals surface area contributed by atoms with Gasteiger partial charge in [-0.3, -0.25) is 4.79 Å². The van der Waals surface area contributed by atoms with E-state index in [2.05, 4.69) is 15.2 Å². The molecule has 1 aliphatic carbocycles. The molecule has 0 heterocycles. The standard InChI is InChI=1S/C14H19N3O3S/c18-14(17-16-12-7-3-1-4-8-12)11-15-21(19,20)13-9-5-2-6-10-13/h2,5-6,9-10,15H,1,3-4,7-8,11H2,(H,17,18). The lowest BCUT2D eigenvalue weighted by Crippen LogP contribution is -2.35.